The summed E-state index contributed by atoms with van der Waals surface area (Å²) in [4.78, 5) is 0. The molecule has 0 aliphatic rings. The standard InChI is InChI=1S/C77H86N2/c1-5-9-13-17-21-25-65-41-53-77-73(57-65)72-56-64(24-20-16-12-8-4)40-52-76(72)79(77)69-48-36-61(37-49-69)29-27-59-32-44-67(45-33-59)66-42-30-58(31-43-66)26-28-60-34-46-68(47-35-60)78-74-50-38-62(22-18-14-10-6-2)54-70(74)71-55-63(39-51-75(71)78)23-19-15-11-7-3/h26-57H,5-25H2,1-4H3/b28-26+,29-27+. The molecule has 0 saturated carbocycles. The lowest BCUT2D eigenvalue weighted by atomic mass is 10.0. The molecule has 79 heavy (non-hydrogen) atoms. The smallest absolute Gasteiger partial charge is 0.0541 e. The van der Waals surface area contributed by atoms with Gasteiger partial charge in [-0.1, -0.05) is 233 Å². The summed E-state index contributed by atoms with van der Waals surface area (Å²) in [6.45, 7) is 9.17. The highest BCUT2D eigenvalue weighted by atomic mass is 15.0. The van der Waals surface area contributed by atoms with Crippen LogP contribution in [0.1, 0.15) is 181 Å². The average Bonchev–Trinajstić information content (AvgIpc) is 4.24. The van der Waals surface area contributed by atoms with Crippen LogP contribution in [0.25, 0.3) is 90.4 Å². The fourth-order valence-electron chi connectivity index (χ4n) is 12.0. The lowest BCUT2D eigenvalue weighted by molar-refractivity contribution is 0.632. The van der Waals surface area contributed by atoms with E-state index in [1.807, 2.05) is 0 Å². The molecule has 2 heteroatoms. The fraction of sp³-hybridized carbons (Fsp3) is 0.325. The Kier molecular flexibility index (Phi) is 19.3. The molecule has 0 radical (unpaired) electrons. The molecule has 2 aromatic heterocycles. The number of aryl methyl sites for hydroxylation is 4. The quantitative estimate of drug-likeness (QED) is 0.0342. The van der Waals surface area contributed by atoms with E-state index < -0.39 is 0 Å². The zero-order chi connectivity index (χ0) is 54.2. The zero-order valence-corrected chi connectivity index (χ0v) is 48.2. The first-order chi connectivity index (χ1) is 39.0. The molecular weight excluding hydrogens is 953 g/mol. The van der Waals surface area contributed by atoms with E-state index in [9.17, 15) is 0 Å². The molecule has 0 amide bonds. The summed E-state index contributed by atoms with van der Waals surface area (Å²) in [5.74, 6) is 0. The van der Waals surface area contributed by atoms with Gasteiger partial charge in [0.05, 0.1) is 22.1 Å². The monoisotopic (exact) mass is 1040 g/mol. The molecule has 0 spiro atoms. The van der Waals surface area contributed by atoms with Crippen molar-refractivity contribution >= 4 is 67.9 Å². The van der Waals surface area contributed by atoms with Crippen molar-refractivity contribution in [2.45, 2.75) is 163 Å². The third-order valence-electron chi connectivity index (χ3n) is 16.7. The first-order valence-electron chi connectivity index (χ1n) is 30.9. The maximum Gasteiger partial charge on any atom is 0.0541 e. The molecule has 0 bridgehead atoms. The van der Waals surface area contributed by atoms with Gasteiger partial charge in [0.2, 0.25) is 0 Å². The van der Waals surface area contributed by atoms with Crippen LogP contribution in [0.3, 0.4) is 0 Å². The molecular formula is C77H86N2. The van der Waals surface area contributed by atoms with Gasteiger partial charge >= 0.3 is 0 Å². The van der Waals surface area contributed by atoms with Gasteiger partial charge in [0.15, 0.2) is 0 Å². The second-order valence-electron chi connectivity index (χ2n) is 22.8. The van der Waals surface area contributed by atoms with Crippen LogP contribution in [0, 0.1) is 0 Å². The van der Waals surface area contributed by atoms with Crippen LogP contribution in [0.2, 0.25) is 0 Å². The van der Waals surface area contributed by atoms with Gasteiger partial charge in [0.1, 0.15) is 0 Å². The van der Waals surface area contributed by atoms with Crippen molar-refractivity contribution in [3.8, 4) is 22.5 Å². The number of benzene rings is 8. The van der Waals surface area contributed by atoms with E-state index in [-0.39, 0.29) is 0 Å². The van der Waals surface area contributed by atoms with Crippen LogP contribution >= 0.6 is 0 Å². The highest BCUT2D eigenvalue weighted by Gasteiger charge is 2.16. The molecule has 2 heterocycles. The topological polar surface area (TPSA) is 9.86 Å². The van der Waals surface area contributed by atoms with Gasteiger partial charge in [-0.25, -0.2) is 0 Å². The summed E-state index contributed by atoms with van der Waals surface area (Å²) >= 11 is 0. The third-order valence-corrected chi connectivity index (χ3v) is 16.7. The zero-order valence-electron chi connectivity index (χ0n) is 48.2. The van der Waals surface area contributed by atoms with Gasteiger partial charge in [-0.2, -0.15) is 0 Å². The number of nitrogens with zero attached hydrogens (tertiary/aromatic N) is 2. The first kappa shape index (κ1) is 55.2. The molecule has 0 fully saturated rings. The van der Waals surface area contributed by atoms with Crippen LogP contribution < -0.4 is 0 Å². The predicted molar refractivity (Wildman–Crippen MR) is 347 cm³/mol. The molecule has 0 aliphatic carbocycles. The first-order valence-corrected chi connectivity index (χ1v) is 30.9. The summed E-state index contributed by atoms with van der Waals surface area (Å²) in [5.41, 5.74) is 20.6. The van der Waals surface area contributed by atoms with E-state index in [1.54, 1.807) is 0 Å². The maximum atomic E-state index is 2.49. The largest absolute Gasteiger partial charge is 0.309 e. The van der Waals surface area contributed by atoms with Crippen molar-refractivity contribution < 1.29 is 0 Å². The Hall–Kier alpha value is -7.16. The number of rotatable bonds is 28. The van der Waals surface area contributed by atoms with E-state index in [4.69, 9.17) is 0 Å². The Balaban J connectivity index is 0.790. The number of hydrogen-bond acceptors (Lipinski definition) is 0. The number of aromatic nitrogens is 2. The van der Waals surface area contributed by atoms with Gasteiger partial charge in [-0.15, -0.1) is 0 Å². The molecule has 10 aromatic rings. The summed E-state index contributed by atoms with van der Waals surface area (Å²) in [7, 11) is 0. The summed E-state index contributed by atoms with van der Waals surface area (Å²) in [5, 5.41) is 5.52. The summed E-state index contributed by atoms with van der Waals surface area (Å²) in [6.07, 6.45) is 35.6. The molecule has 8 aromatic carbocycles. The number of unbranched alkanes of at least 4 members (excludes halogenated alkanes) is 13. The Bertz CT molecular complexity index is 3530. The number of hydrogen-bond donors (Lipinski definition) is 0. The molecule has 0 unspecified atom stereocenters. The molecule has 2 nitrogen and oxygen atoms in total. The lowest BCUT2D eigenvalue weighted by Gasteiger charge is -2.09. The van der Waals surface area contributed by atoms with Gasteiger partial charge in [-0.3, -0.25) is 0 Å². The second kappa shape index (κ2) is 27.6. The van der Waals surface area contributed by atoms with E-state index in [0.717, 1.165) is 25.7 Å². The lowest BCUT2D eigenvalue weighted by Crippen LogP contribution is -1.94. The number of fused-ring (bicyclic) bond motifs is 6. The average molecular weight is 1040 g/mol. The van der Waals surface area contributed by atoms with Gasteiger partial charge in [0.25, 0.3) is 0 Å². The predicted octanol–water partition coefficient (Wildman–Crippen LogP) is 22.8. The van der Waals surface area contributed by atoms with E-state index in [2.05, 4.69) is 231 Å². The van der Waals surface area contributed by atoms with Crippen molar-refractivity contribution in [2.75, 3.05) is 0 Å². The van der Waals surface area contributed by atoms with Crippen LogP contribution in [0.4, 0.5) is 0 Å². The van der Waals surface area contributed by atoms with Crippen molar-refractivity contribution in [1.82, 2.24) is 9.13 Å². The van der Waals surface area contributed by atoms with Crippen molar-refractivity contribution in [2.24, 2.45) is 0 Å². The van der Waals surface area contributed by atoms with Crippen LogP contribution in [0.15, 0.2) is 170 Å². The highest BCUT2D eigenvalue weighted by Crippen LogP contribution is 2.37. The normalized spacial score (nSPS) is 12.0. The van der Waals surface area contributed by atoms with Gasteiger partial charge in [-0.05, 0) is 180 Å². The Morgan fingerprint density at radius 3 is 0.759 bits per heavy atom. The maximum absolute atomic E-state index is 2.49. The Morgan fingerprint density at radius 2 is 0.494 bits per heavy atom. The molecule has 404 valence electrons. The summed E-state index contributed by atoms with van der Waals surface area (Å²) < 4.78 is 4.95. The molecule has 0 saturated heterocycles. The summed E-state index contributed by atoms with van der Waals surface area (Å²) in [6, 6.07) is 65.0. The van der Waals surface area contributed by atoms with E-state index in [1.165, 1.54) is 220 Å². The van der Waals surface area contributed by atoms with Gasteiger partial charge < -0.3 is 9.13 Å². The Labute approximate surface area is 473 Å². The van der Waals surface area contributed by atoms with Crippen LogP contribution in [-0.2, 0) is 25.7 Å². The molecule has 0 aliphatic heterocycles. The fourth-order valence-corrected chi connectivity index (χ4v) is 12.0. The Morgan fingerprint density at radius 1 is 0.253 bits per heavy atom. The second-order valence-corrected chi connectivity index (χ2v) is 22.8. The SMILES string of the molecule is CCCCCCCc1ccc2c(c1)c1cc(CCCCCC)ccc1n2-c1ccc(/C=C/c2ccc(-c3ccc(/C=C/c4ccc(-n5c6ccc(CCCCCC)cc6c6cc(CCCCCC)ccc65)cc4)cc3)cc2)cc1. The molecule has 10 rings (SSSR count). The minimum absolute atomic E-state index is 1.15. The van der Waals surface area contributed by atoms with E-state index in [0.29, 0.717) is 0 Å². The van der Waals surface area contributed by atoms with Gasteiger partial charge in [0, 0.05) is 32.9 Å². The molecule has 0 atom stereocenters. The minimum Gasteiger partial charge on any atom is -0.309 e. The third kappa shape index (κ3) is 13.8. The minimum atomic E-state index is 1.15. The van der Waals surface area contributed by atoms with Crippen molar-refractivity contribution in [3.05, 3.63) is 214 Å². The van der Waals surface area contributed by atoms with Crippen molar-refractivity contribution in [1.29, 1.82) is 0 Å². The van der Waals surface area contributed by atoms with Crippen LogP contribution in [-0.4, -0.2) is 9.13 Å². The van der Waals surface area contributed by atoms with Crippen molar-refractivity contribution in [3.63, 3.8) is 0 Å². The van der Waals surface area contributed by atoms with E-state index >= 15 is 0 Å². The molecule has 0 N–H and O–H groups in total. The van der Waals surface area contributed by atoms with Crippen LogP contribution in [0.5, 0.6) is 0 Å². The highest BCUT2D eigenvalue weighted by molar-refractivity contribution is 6.11.